The van der Waals surface area contributed by atoms with Gasteiger partial charge in [0.1, 0.15) is 6.61 Å². The molecule has 0 saturated heterocycles. The van der Waals surface area contributed by atoms with Crippen molar-refractivity contribution in [1.82, 2.24) is 0 Å². The van der Waals surface area contributed by atoms with E-state index in [1.54, 1.807) is 11.8 Å². The van der Waals surface area contributed by atoms with E-state index in [1.807, 2.05) is 24.3 Å². The monoisotopic (exact) mass is 272 g/mol. The van der Waals surface area contributed by atoms with Crippen molar-refractivity contribution < 1.29 is 9.90 Å². The molecular formula is C13H17ClO2S. The van der Waals surface area contributed by atoms with Crippen LogP contribution in [0.1, 0.15) is 25.7 Å². The zero-order chi connectivity index (χ0) is 12.5. The fourth-order valence-corrected chi connectivity index (χ4v) is 2.67. The molecule has 1 N–H and O–H groups in total. The Hall–Kier alpha value is -0.510. The largest absolute Gasteiger partial charge is 0.389 e. The molecule has 0 saturated carbocycles. The minimum Gasteiger partial charge on any atom is -0.389 e. The fraction of sp³-hybridized carbons (Fsp3) is 0.462. The second-order valence-electron chi connectivity index (χ2n) is 3.79. The van der Waals surface area contributed by atoms with Crippen molar-refractivity contribution in [2.45, 2.75) is 30.6 Å². The van der Waals surface area contributed by atoms with Crippen molar-refractivity contribution in [1.29, 1.82) is 0 Å². The Morgan fingerprint density at radius 3 is 2.71 bits per heavy atom. The zero-order valence-corrected chi connectivity index (χ0v) is 11.3. The number of carbonyl (C=O) groups is 1. The Morgan fingerprint density at radius 1 is 1.24 bits per heavy atom. The number of ketones is 1. The van der Waals surface area contributed by atoms with Crippen LogP contribution in [0.25, 0.3) is 0 Å². The first kappa shape index (κ1) is 14.6. The number of carbonyl (C=O) groups excluding carboxylic acids is 1. The van der Waals surface area contributed by atoms with Crippen molar-refractivity contribution in [2.24, 2.45) is 0 Å². The lowest BCUT2D eigenvalue weighted by atomic mass is 10.1. The molecule has 0 aromatic heterocycles. The third kappa shape index (κ3) is 6.10. The van der Waals surface area contributed by atoms with Crippen LogP contribution in [0.3, 0.4) is 0 Å². The number of benzene rings is 1. The number of hydrogen-bond donors (Lipinski definition) is 1. The molecule has 0 fully saturated rings. The first-order chi connectivity index (χ1) is 8.24. The molecule has 0 aliphatic carbocycles. The molecule has 0 spiro atoms. The lowest BCUT2D eigenvalue weighted by Gasteiger charge is -2.03. The van der Waals surface area contributed by atoms with E-state index in [0.29, 0.717) is 6.42 Å². The second kappa shape index (κ2) is 8.56. The minimum atomic E-state index is -0.325. The standard InChI is InChI=1S/C13H17ClO2S/c14-12-7-3-4-8-13(12)17-9-5-1-2-6-11(16)10-15/h3-4,7-8,15H,1-2,5-6,9-10H2. The molecule has 0 aliphatic heterocycles. The summed E-state index contributed by atoms with van der Waals surface area (Å²) in [4.78, 5) is 11.9. The molecule has 0 unspecified atom stereocenters. The molecule has 2 nitrogen and oxygen atoms in total. The van der Waals surface area contributed by atoms with Gasteiger partial charge < -0.3 is 5.11 Å². The predicted molar refractivity (Wildman–Crippen MR) is 72.7 cm³/mol. The molecule has 0 atom stereocenters. The predicted octanol–water partition coefficient (Wildman–Crippen LogP) is 3.55. The molecule has 1 aromatic rings. The topological polar surface area (TPSA) is 37.3 Å². The van der Waals surface area contributed by atoms with Crippen molar-refractivity contribution >= 4 is 29.1 Å². The molecule has 0 bridgehead atoms. The Labute approximate surface area is 111 Å². The number of Topliss-reactive ketones (excluding diaryl/α,β-unsaturated/α-hetero) is 1. The average molecular weight is 273 g/mol. The second-order valence-corrected chi connectivity index (χ2v) is 5.33. The Kier molecular flexibility index (Phi) is 7.33. The van der Waals surface area contributed by atoms with Gasteiger partial charge in [0.25, 0.3) is 0 Å². The number of unbranched alkanes of at least 4 members (excludes halogenated alkanes) is 2. The highest BCUT2D eigenvalue weighted by atomic mass is 35.5. The number of aliphatic hydroxyl groups excluding tert-OH is 1. The van der Waals surface area contributed by atoms with E-state index in [4.69, 9.17) is 16.7 Å². The van der Waals surface area contributed by atoms with Crippen LogP contribution in [0.2, 0.25) is 5.02 Å². The minimum absolute atomic E-state index is 0.0660. The molecule has 94 valence electrons. The third-order valence-corrected chi connectivity index (χ3v) is 3.97. The SMILES string of the molecule is O=C(CO)CCCCCSc1ccccc1Cl. The Bertz CT molecular complexity index is 355. The van der Waals surface area contributed by atoms with Gasteiger partial charge in [0.15, 0.2) is 5.78 Å². The summed E-state index contributed by atoms with van der Waals surface area (Å²) in [7, 11) is 0. The lowest BCUT2D eigenvalue weighted by Crippen LogP contribution is -2.02. The van der Waals surface area contributed by atoms with Crippen molar-refractivity contribution in [3.05, 3.63) is 29.3 Å². The van der Waals surface area contributed by atoms with Crippen LogP contribution in [0.4, 0.5) is 0 Å². The number of rotatable bonds is 8. The quantitative estimate of drug-likeness (QED) is 0.581. The molecule has 17 heavy (non-hydrogen) atoms. The van der Waals surface area contributed by atoms with Gasteiger partial charge in [-0.2, -0.15) is 0 Å². The molecule has 1 aromatic carbocycles. The summed E-state index contributed by atoms with van der Waals surface area (Å²) in [6.45, 7) is -0.325. The summed E-state index contributed by atoms with van der Waals surface area (Å²) in [6, 6.07) is 7.81. The van der Waals surface area contributed by atoms with Crippen molar-refractivity contribution in [2.75, 3.05) is 12.4 Å². The molecule has 0 heterocycles. The molecule has 0 radical (unpaired) electrons. The molecule has 0 aliphatic rings. The average Bonchev–Trinajstić information content (AvgIpc) is 2.35. The Balaban J connectivity index is 2.09. The summed E-state index contributed by atoms with van der Waals surface area (Å²) >= 11 is 7.78. The highest BCUT2D eigenvalue weighted by Crippen LogP contribution is 2.27. The van der Waals surface area contributed by atoms with Crippen LogP contribution in [-0.4, -0.2) is 23.2 Å². The van der Waals surface area contributed by atoms with E-state index in [2.05, 4.69) is 0 Å². The maximum atomic E-state index is 10.8. The van der Waals surface area contributed by atoms with E-state index in [1.165, 1.54) is 0 Å². The van der Waals surface area contributed by atoms with Gasteiger partial charge in [-0.1, -0.05) is 30.2 Å². The van der Waals surface area contributed by atoms with Gasteiger partial charge in [-0.3, -0.25) is 4.79 Å². The Morgan fingerprint density at radius 2 is 2.00 bits per heavy atom. The van der Waals surface area contributed by atoms with Crippen LogP contribution in [0, 0.1) is 0 Å². The summed E-state index contributed by atoms with van der Waals surface area (Å²) in [5.41, 5.74) is 0. The van der Waals surface area contributed by atoms with Gasteiger partial charge in [0, 0.05) is 11.3 Å². The van der Waals surface area contributed by atoms with Crippen LogP contribution < -0.4 is 0 Å². The van der Waals surface area contributed by atoms with Crippen LogP contribution in [0.15, 0.2) is 29.2 Å². The summed E-state index contributed by atoms with van der Waals surface area (Å²) in [5, 5.41) is 9.35. The molecule has 4 heteroatoms. The summed E-state index contributed by atoms with van der Waals surface area (Å²) < 4.78 is 0. The summed E-state index contributed by atoms with van der Waals surface area (Å²) in [6.07, 6.45) is 3.44. The number of hydrogen-bond acceptors (Lipinski definition) is 3. The van der Waals surface area contributed by atoms with E-state index < -0.39 is 0 Å². The van der Waals surface area contributed by atoms with Crippen molar-refractivity contribution in [3.8, 4) is 0 Å². The van der Waals surface area contributed by atoms with Crippen LogP contribution in [0.5, 0.6) is 0 Å². The van der Waals surface area contributed by atoms with E-state index >= 15 is 0 Å². The van der Waals surface area contributed by atoms with E-state index in [-0.39, 0.29) is 12.4 Å². The van der Waals surface area contributed by atoms with E-state index in [9.17, 15) is 4.79 Å². The normalized spacial score (nSPS) is 10.5. The molecular weight excluding hydrogens is 256 g/mol. The van der Waals surface area contributed by atoms with Gasteiger partial charge in [-0.05, 0) is 30.7 Å². The maximum absolute atomic E-state index is 10.8. The maximum Gasteiger partial charge on any atom is 0.158 e. The van der Waals surface area contributed by atoms with Gasteiger partial charge in [-0.25, -0.2) is 0 Å². The van der Waals surface area contributed by atoms with Crippen LogP contribution in [-0.2, 0) is 4.79 Å². The fourth-order valence-electron chi connectivity index (χ4n) is 1.42. The van der Waals surface area contributed by atoms with Crippen molar-refractivity contribution in [3.63, 3.8) is 0 Å². The number of aliphatic hydroxyl groups is 1. The lowest BCUT2D eigenvalue weighted by molar-refractivity contribution is -0.121. The van der Waals surface area contributed by atoms with Crippen LogP contribution >= 0.6 is 23.4 Å². The van der Waals surface area contributed by atoms with Gasteiger partial charge in [-0.15, -0.1) is 11.8 Å². The first-order valence-corrected chi connectivity index (χ1v) is 7.10. The van der Waals surface area contributed by atoms with Gasteiger partial charge >= 0.3 is 0 Å². The molecule has 1 rings (SSSR count). The van der Waals surface area contributed by atoms with Gasteiger partial charge in [0.05, 0.1) is 5.02 Å². The highest BCUT2D eigenvalue weighted by Gasteiger charge is 2.01. The number of thioether (sulfide) groups is 1. The number of halogens is 1. The smallest absolute Gasteiger partial charge is 0.158 e. The first-order valence-electron chi connectivity index (χ1n) is 5.74. The van der Waals surface area contributed by atoms with E-state index in [0.717, 1.165) is 34.9 Å². The van der Waals surface area contributed by atoms with Gasteiger partial charge in [0.2, 0.25) is 0 Å². The summed E-state index contributed by atoms with van der Waals surface area (Å²) in [5.74, 6) is 0.945. The highest BCUT2D eigenvalue weighted by molar-refractivity contribution is 7.99. The molecule has 0 amide bonds. The zero-order valence-electron chi connectivity index (χ0n) is 9.69. The third-order valence-electron chi connectivity index (χ3n) is 2.37.